The number of carbonyl (C=O) groups is 1. The Kier molecular flexibility index (Phi) is 3.75. The lowest BCUT2D eigenvalue weighted by atomic mass is 10.1. The monoisotopic (exact) mass is 241 g/mol. The fourth-order valence-corrected chi connectivity index (χ4v) is 1.52. The SMILES string of the molecule is C[C@@H](CC(=O)OC(C)(C)C)c1n[nH]c(=O)n1C. The molecule has 6 nitrogen and oxygen atoms in total. The van der Waals surface area contributed by atoms with Gasteiger partial charge >= 0.3 is 11.7 Å². The Labute approximate surface area is 100.0 Å². The first kappa shape index (κ1) is 13.5. The van der Waals surface area contributed by atoms with E-state index in [0.717, 1.165) is 0 Å². The molecule has 0 bridgehead atoms. The molecule has 0 radical (unpaired) electrons. The maximum absolute atomic E-state index is 11.6. The van der Waals surface area contributed by atoms with Crippen molar-refractivity contribution >= 4 is 5.97 Å². The molecule has 0 aliphatic heterocycles. The second-order valence-electron chi connectivity index (χ2n) is 5.14. The fraction of sp³-hybridized carbons (Fsp3) is 0.727. The smallest absolute Gasteiger partial charge is 0.343 e. The summed E-state index contributed by atoms with van der Waals surface area (Å²) >= 11 is 0. The van der Waals surface area contributed by atoms with Crippen molar-refractivity contribution in [2.24, 2.45) is 7.05 Å². The van der Waals surface area contributed by atoms with E-state index in [4.69, 9.17) is 4.74 Å². The predicted molar refractivity (Wildman–Crippen MR) is 62.7 cm³/mol. The van der Waals surface area contributed by atoms with Gasteiger partial charge in [-0.25, -0.2) is 9.89 Å². The lowest BCUT2D eigenvalue weighted by Gasteiger charge is -2.20. The summed E-state index contributed by atoms with van der Waals surface area (Å²) in [5, 5.41) is 6.23. The topological polar surface area (TPSA) is 77.0 Å². The van der Waals surface area contributed by atoms with Gasteiger partial charge in [-0.3, -0.25) is 9.36 Å². The van der Waals surface area contributed by atoms with Gasteiger partial charge in [-0.15, -0.1) is 0 Å². The van der Waals surface area contributed by atoms with Crippen LogP contribution in [0.2, 0.25) is 0 Å². The van der Waals surface area contributed by atoms with E-state index >= 15 is 0 Å². The molecular formula is C11H19N3O3. The molecule has 1 atom stereocenters. The Hall–Kier alpha value is -1.59. The van der Waals surface area contributed by atoms with Gasteiger partial charge in [-0.05, 0) is 20.8 Å². The maximum atomic E-state index is 11.6. The predicted octanol–water partition coefficient (Wildman–Crippen LogP) is 0.944. The van der Waals surface area contributed by atoms with Gasteiger partial charge < -0.3 is 4.74 Å². The van der Waals surface area contributed by atoms with Crippen LogP contribution in [-0.4, -0.2) is 26.3 Å². The minimum absolute atomic E-state index is 0.159. The third-order valence-electron chi connectivity index (χ3n) is 2.25. The van der Waals surface area contributed by atoms with Gasteiger partial charge in [0, 0.05) is 13.0 Å². The highest BCUT2D eigenvalue weighted by molar-refractivity contribution is 5.70. The van der Waals surface area contributed by atoms with Crippen molar-refractivity contribution in [3.63, 3.8) is 0 Å². The van der Waals surface area contributed by atoms with Gasteiger partial charge in [0.25, 0.3) is 0 Å². The van der Waals surface area contributed by atoms with Gasteiger partial charge in [-0.2, -0.15) is 5.10 Å². The Morgan fingerprint density at radius 3 is 2.53 bits per heavy atom. The normalized spacial score (nSPS) is 13.5. The van der Waals surface area contributed by atoms with Gasteiger partial charge in [-0.1, -0.05) is 6.92 Å². The first-order valence-electron chi connectivity index (χ1n) is 5.54. The Morgan fingerprint density at radius 1 is 1.53 bits per heavy atom. The van der Waals surface area contributed by atoms with Crippen LogP contribution in [0.3, 0.4) is 0 Å². The van der Waals surface area contributed by atoms with Crippen LogP contribution < -0.4 is 5.69 Å². The second kappa shape index (κ2) is 4.73. The number of aromatic nitrogens is 3. The van der Waals surface area contributed by atoms with Crippen LogP contribution in [-0.2, 0) is 16.6 Å². The van der Waals surface area contributed by atoms with Crippen LogP contribution in [0.4, 0.5) is 0 Å². The fourth-order valence-electron chi connectivity index (χ4n) is 1.52. The number of esters is 1. The number of rotatable bonds is 3. The van der Waals surface area contributed by atoms with E-state index in [9.17, 15) is 9.59 Å². The highest BCUT2D eigenvalue weighted by atomic mass is 16.6. The molecule has 0 saturated carbocycles. The minimum atomic E-state index is -0.492. The van der Waals surface area contributed by atoms with Crippen molar-refractivity contribution in [2.45, 2.75) is 45.6 Å². The van der Waals surface area contributed by atoms with Crippen molar-refractivity contribution in [1.29, 1.82) is 0 Å². The number of H-pyrrole nitrogens is 1. The molecule has 0 aromatic carbocycles. The molecule has 1 N–H and O–H groups in total. The molecule has 1 rings (SSSR count). The van der Waals surface area contributed by atoms with E-state index in [1.54, 1.807) is 7.05 Å². The van der Waals surface area contributed by atoms with E-state index in [1.165, 1.54) is 4.57 Å². The summed E-state index contributed by atoms with van der Waals surface area (Å²) in [7, 11) is 1.62. The highest BCUT2D eigenvalue weighted by Gasteiger charge is 2.21. The molecule has 96 valence electrons. The second-order valence-corrected chi connectivity index (χ2v) is 5.14. The summed E-state index contributed by atoms with van der Waals surface area (Å²) < 4.78 is 6.61. The minimum Gasteiger partial charge on any atom is -0.460 e. The average Bonchev–Trinajstić information content (AvgIpc) is 2.44. The van der Waals surface area contributed by atoms with Gasteiger partial charge in [0.05, 0.1) is 6.42 Å². The number of hydrogen-bond acceptors (Lipinski definition) is 4. The van der Waals surface area contributed by atoms with Crippen LogP contribution in [0.15, 0.2) is 4.79 Å². The third-order valence-corrected chi connectivity index (χ3v) is 2.25. The quantitative estimate of drug-likeness (QED) is 0.799. The number of nitrogens with zero attached hydrogens (tertiary/aromatic N) is 2. The molecule has 0 aliphatic carbocycles. The molecule has 0 spiro atoms. The van der Waals surface area contributed by atoms with Crippen LogP contribution in [0.1, 0.15) is 45.9 Å². The number of carbonyl (C=O) groups excluding carboxylic acids is 1. The first-order valence-corrected chi connectivity index (χ1v) is 5.54. The van der Waals surface area contributed by atoms with Gasteiger partial charge in [0.15, 0.2) is 0 Å². The van der Waals surface area contributed by atoms with Gasteiger partial charge in [0.2, 0.25) is 0 Å². The number of hydrogen-bond donors (Lipinski definition) is 1. The molecule has 1 heterocycles. The standard InChI is InChI=1S/C11H19N3O3/c1-7(6-8(15)17-11(2,3)4)9-12-13-10(16)14(9)5/h7H,6H2,1-5H3,(H,13,16)/t7-/m0/s1. The van der Waals surface area contributed by atoms with Crippen molar-refractivity contribution in [1.82, 2.24) is 14.8 Å². The molecule has 17 heavy (non-hydrogen) atoms. The van der Waals surface area contributed by atoms with E-state index in [1.807, 2.05) is 27.7 Å². The zero-order valence-electron chi connectivity index (χ0n) is 10.9. The first-order chi connectivity index (χ1) is 7.70. The molecule has 0 fully saturated rings. The van der Waals surface area contributed by atoms with Crippen LogP contribution in [0, 0.1) is 0 Å². The molecule has 1 aromatic rings. The Morgan fingerprint density at radius 2 is 2.12 bits per heavy atom. The van der Waals surface area contributed by atoms with E-state index in [0.29, 0.717) is 5.82 Å². The Balaban J connectivity index is 2.67. The van der Waals surface area contributed by atoms with Crippen molar-refractivity contribution in [3.05, 3.63) is 16.3 Å². The van der Waals surface area contributed by atoms with Crippen LogP contribution in [0.5, 0.6) is 0 Å². The zero-order chi connectivity index (χ0) is 13.2. The maximum Gasteiger partial charge on any atom is 0.343 e. The molecule has 0 unspecified atom stereocenters. The largest absolute Gasteiger partial charge is 0.460 e. The lowest BCUT2D eigenvalue weighted by Crippen LogP contribution is -2.25. The molecular weight excluding hydrogens is 222 g/mol. The van der Waals surface area contributed by atoms with Crippen LogP contribution >= 0.6 is 0 Å². The average molecular weight is 241 g/mol. The molecule has 6 heteroatoms. The number of ether oxygens (including phenoxy) is 1. The van der Waals surface area contributed by atoms with E-state index in [2.05, 4.69) is 10.2 Å². The molecule has 0 aliphatic rings. The molecule has 1 aromatic heterocycles. The van der Waals surface area contributed by atoms with E-state index in [-0.39, 0.29) is 24.0 Å². The van der Waals surface area contributed by atoms with E-state index < -0.39 is 5.60 Å². The van der Waals surface area contributed by atoms with Crippen molar-refractivity contribution < 1.29 is 9.53 Å². The summed E-state index contributed by atoms with van der Waals surface area (Å²) in [4.78, 5) is 22.8. The summed E-state index contributed by atoms with van der Waals surface area (Å²) in [6, 6.07) is 0. The van der Waals surface area contributed by atoms with Gasteiger partial charge in [0.1, 0.15) is 11.4 Å². The van der Waals surface area contributed by atoms with Crippen molar-refractivity contribution in [2.75, 3.05) is 0 Å². The summed E-state index contributed by atoms with van der Waals surface area (Å²) in [6.07, 6.45) is 0.204. The molecule has 0 saturated heterocycles. The van der Waals surface area contributed by atoms with Crippen LogP contribution in [0.25, 0.3) is 0 Å². The lowest BCUT2D eigenvalue weighted by molar-refractivity contribution is -0.155. The highest BCUT2D eigenvalue weighted by Crippen LogP contribution is 2.17. The van der Waals surface area contributed by atoms with Crippen molar-refractivity contribution in [3.8, 4) is 0 Å². The molecule has 0 amide bonds. The summed E-state index contributed by atoms with van der Waals surface area (Å²) in [6.45, 7) is 7.29. The number of nitrogens with one attached hydrogen (secondary N) is 1. The zero-order valence-corrected chi connectivity index (χ0v) is 10.9. The number of aromatic amines is 1. The third kappa shape index (κ3) is 3.72. The summed E-state index contributed by atoms with van der Waals surface area (Å²) in [5.41, 5.74) is -0.773. The Bertz CT molecular complexity index is 453. The summed E-state index contributed by atoms with van der Waals surface area (Å²) in [5.74, 6) is 0.107.